The van der Waals surface area contributed by atoms with Crippen molar-refractivity contribution in [2.24, 2.45) is 5.73 Å². The summed E-state index contributed by atoms with van der Waals surface area (Å²) in [6.45, 7) is 3.72. The molecule has 0 spiro atoms. The summed E-state index contributed by atoms with van der Waals surface area (Å²) in [6.07, 6.45) is 1.70. The standard InChI is InChI=1S/C18H18N4O2/c1-11(21-18(24)17(19)23)15-10-20-22(12(15)2)16-9-5-7-13-6-3-4-8-14(13)16/h3-11H,1-2H3,(H2,19,23)(H,21,24)/t11-/m0/s1. The lowest BCUT2D eigenvalue weighted by Gasteiger charge is -2.13. The lowest BCUT2D eigenvalue weighted by atomic mass is 10.1. The van der Waals surface area contributed by atoms with E-state index in [9.17, 15) is 9.59 Å². The Bertz CT molecular complexity index is 924. The van der Waals surface area contributed by atoms with Crippen molar-refractivity contribution in [1.29, 1.82) is 0 Å². The van der Waals surface area contributed by atoms with E-state index in [1.54, 1.807) is 13.1 Å². The number of benzene rings is 2. The molecule has 1 aromatic heterocycles. The summed E-state index contributed by atoms with van der Waals surface area (Å²) >= 11 is 0. The van der Waals surface area contributed by atoms with Gasteiger partial charge in [-0.25, -0.2) is 4.68 Å². The van der Waals surface area contributed by atoms with Gasteiger partial charge >= 0.3 is 11.8 Å². The fraction of sp³-hybridized carbons (Fsp3) is 0.167. The molecule has 6 heteroatoms. The smallest absolute Gasteiger partial charge is 0.309 e. The Balaban J connectivity index is 2.01. The first-order chi connectivity index (χ1) is 11.5. The number of fused-ring (bicyclic) bond motifs is 1. The van der Waals surface area contributed by atoms with Gasteiger partial charge in [0.05, 0.1) is 17.9 Å². The van der Waals surface area contributed by atoms with Crippen LogP contribution in [-0.4, -0.2) is 21.6 Å². The molecule has 2 amide bonds. The first kappa shape index (κ1) is 15.7. The van der Waals surface area contributed by atoms with E-state index in [1.807, 2.05) is 54.1 Å². The highest BCUT2D eigenvalue weighted by Crippen LogP contribution is 2.25. The number of hydrogen-bond donors (Lipinski definition) is 2. The number of amides is 2. The minimum Gasteiger partial charge on any atom is -0.361 e. The molecule has 3 aromatic rings. The Hall–Kier alpha value is -3.15. The van der Waals surface area contributed by atoms with Crippen LogP contribution in [0.2, 0.25) is 0 Å². The lowest BCUT2D eigenvalue weighted by molar-refractivity contribution is -0.137. The third-order valence-corrected chi connectivity index (χ3v) is 4.08. The summed E-state index contributed by atoms with van der Waals surface area (Å²) < 4.78 is 1.84. The molecule has 0 unspecified atom stereocenters. The number of nitrogens with zero attached hydrogens (tertiary/aromatic N) is 2. The van der Waals surface area contributed by atoms with Gasteiger partial charge in [0.1, 0.15) is 0 Å². The highest BCUT2D eigenvalue weighted by molar-refractivity contribution is 6.34. The molecule has 3 rings (SSSR count). The summed E-state index contributed by atoms with van der Waals surface area (Å²) in [7, 11) is 0. The van der Waals surface area contributed by atoms with Gasteiger partial charge in [0, 0.05) is 16.6 Å². The van der Waals surface area contributed by atoms with E-state index in [4.69, 9.17) is 5.73 Å². The first-order valence-electron chi connectivity index (χ1n) is 7.62. The molecule has 1 heterocycles. The fourth-order valence-corrected chi connectivity index (χ4v) is 2.83. The zero-order valence-corrected chi connectivity index (χ0v) is 13.5. The highest BCUT2D eigenvalue weighted by Gasteiger charge is 2.19. The van der Waals surface area contributed by atoms with E-state index in [1.165, 1.54) is 0 Å². The number of hydrogen-bond acceptors (Lipinski definition) is 3. The first-order valence-corrected chi connectivity index (χ1v) is 7.62. The van der Waals surface area contributed by atoms with Gasteiger partial charge in [-0.2, -0.15) is 5.10 Å². The van der Waals surface area contributed by atoms with E-state index < -0.39 is 11.8 Å². The summed E-state index contributed by atoms with van der Waals surface area (Å²) in [6, 6.07) is 13.7. The van der Waals surface area contributed by atoms with E-state index in [2.05, 4.69) is 10.4 Å². The van der Waals surface area contributed by atoms with Crippen LogP contribution in [0.5, 0.6) is 0 Å². The zero-order chi connectivity index (χ0) is 17.3. The van der Waals surface area contributed by atoms with Gasteiger partial charge in [0.2, 0.25) is 0 Å². The number of nitrogens with one attached hydrogen (secondary N) is 1. The average molecular weight is 322 g/mol. The lowest BCUT2D eigenvalue weighted by Crippen LogP contribution is -2.37. The molecule has 1 atom stereocenters. The SMILES string of the molecule is Cc1c([C@H](C)NC(=O)C(N)=O)cnn1-c1cccc2ccccc12. The van der Waals surface area contributed by atoms with E-state index >= 15 is 0 Å². The second-order valence-electron chi connectivity index (χ2n) is 5.65. The van der Waals surface area contributed by atoms with Crippen LogP contribution in [0.4, 0.5) is 0 Å². The number of aromatic nitrogens is 2. The minimum atomic E-state index is -0.999. The van der Waals surface area contributed by atoms with Crippen LogP contribution in [0.15, 0.2) is 48.7 Å². The molecule has 0 aliphatic heterocycles. The maximum Gasteiger partial charge on any atom is 0.309 e. The number of nitrogens with two attached hydrogens (primary N) is 1. The Morgan fingerprint density at radius 2 is 1.88 bits per heavy atom. The van der Waals surface area contributed by atoms with Crippen molar-refractivity contribution >= 4 is 22.6 Å². The van der Waals surface area contributed by atoms with Crippen molar-refractivity contribution in [2.75, 3.05) is 0 Å². The van der Waals surface area contributed by atoms with Gasteiger partial charge < -0.3 is 11.1 Å². The normalized spacial score (nSPS) is 12.1. The van der Waals surface area contributed by atoms with Crippen LogP contribution in [0.25, 0.3) is 16.5 Å². The van der Waals surface area contributed by atoms with Crippen molar-refractivity contribution in [1.82, 2.24) is 15.1 Å². The second-order valence-corrected chi connectivity index (χ2v) is 5.65. The summed E-state index contributed by atoms with van der Waals surface area (Å²) in [4.78, 5) is 22.4. The van der Waals surface area contributed by atoms with Crippen LogP contribution >= 0.6 is 0 Å². The Morgan fingerprint density at radius 3 is 2.62 bits per heavy atom. The summed E-state index contributed by atoms with van der Waals surface area (Å²) in [5.74, 6) is -1.80. The Morgan fingerprint density at radius 1 is 1.17 bits per heavy atom. The van der Waals surface area contributed by atoms with Gasteiger partial charge in [-0.1, -0.05) is 36.4 Å². The van der Waals surface area contributed by atoms with Crippen molar-refractivity contribution < 1.29 is 9.59 Å². The molecule has 0 radical (unpaired) electrons. The number of rotatable bonds is 3. The molecular formula is C18H18N4O2. The molecule has 2 aromatic carbocycles. The molecule has 6 nitrogen and oxygen atoms in total. The predicted octanol–water partition coefficient (Wildman–Crippen LogP) is 2.00. The van der Waals surface area contributed by atoms with Crippen molar-refractivity contribution in [3.05, 3.63) is 59.9 Å². The molecule has 122 valence electrons. The quantitative estimate of drug-likeness (QED) is 0.723. The molecule has 3 N–H and O–H groups in total. The second kappa shape index (κ2) is 6.16. The van der Waals surface area contributed by atoms with E-state index in [0.29, 0.717) is 0 Å². The van der Waals surface area contributed by atoms with Crippen molar-refractivity contribution in [3.63, 3.8) is 0 Å². The van der Waals surface area contributed by atoms with Gasteiger partial charge in [-0.15, -0.1) is 0 Å². The van der Waals surface area contributed by atoms with Gasteiger partial charge in [0.25, 0.3) is 0 Å². The van der Waals surface area contributed by atoms with Crippen molar-refractivity contribution in [3.8, 4) is 5.69 Å². The van der Waals surface area contributed by atoms with Crippen molar-refractivity contribution in [2.45, 2.75) is 19.9 Å². The van der Waals surface area contributed by atoms with E-state index in [-0.39, 0.29) is 6.04 Å². The fourth-order valence-electron chi connectivity index (χ4n) is 2.83. The van der Waals surface area contributed by atoms with Crippen LogP contribution in [0.1, 0.15) is 24.2 Å². The molecule has 0 saturated heterocycles. The highest BCUT2D eigenvalue weighted by atomic mass is 16.2. The third-order valence-electron chi connectivity index (χ3n) is 4.08. The van der Waals surface area contributed by atoms with Crippen LogP contribution in [0.3, 0.4) is 0 Å². The number of primary amides is 1. The molecule has 0 aliphatic carbocycles. The molecule has 0 bridgehead atoms. The Kier molecular flexibility index (Phi) is 4.04. The largest absolute Gasteiger partial charge is 0.361 e. The number of carbonyl (C=O) groups excluding carboxylic acids is 2. The third kappa shape index (κ3) is 2.74. The maximum absolute atomic E-state index is 11.5. The zero-order valence-electron chi connectivity index (χ0n) is 13.5. The topological polar surface area (TPSA) is 90.0 Å². The monoisotopic (exact) mass is 322 g/mol. The molecule has 24 heavy (non-hydrogen) atoms. The molecular weight excluding hydrogens is 304 g/mol. The van der Waals surface area contributed by atoms with Crippen LogP contribution in [0, 0.1) is 6.92 Å². The summed E-state index contributed by atoms with van der Waals surface area (Å²) in [5, 5.41) is 9.25. The van der Waals surface area contributed by atoms with Gasteiger partial charge in [-0.05, 0) is 25.3 Å². The van der Waals surface area contributed by atoms with Gasteiger partial charge in [-0.3, -0.25) is 9.59 Å². The van der Waals surface area contributed by atoms with Crippen LogP contribution < -0.4 is 11.1 Å². The maximum atomic E-state index is 11.5. The van der Waals surface area contributed by atoms with E-state index in [0.717, 1.165) is 27.7 Å². The van der Waals surface area contributed by atoms with Gasteiger partial charge in [0.15, 0.2) is 0 Å². The average Bonchev–Trinajstić information content (AvgIpc) is 2.95. The predicted molar refractivity (Wildman–Crippen MR) is 91.6 cm³/mol. The summed E-state index contributed by atoms with van der Waals surface area (Å²) in [5.41, 5.74) is 7.67. The molecule has 0 fully saturated rings. The Labute approximate surface area is 139 Å². The number of carbonyl (C=O) groups is 2. The minimum absolute atomic E-state index is 0.367. The van der Waals surface area contributed by atoms with Crippen LogP contribution in [-0.2, 0) is 9.59 Å². The molecule has 0 saturated carbocycles. The molecule has 0 aliphatic rings.